The number of carbonyl (C=O) groups excluding carboxylic acids is 1. The van der Waals surface area contributed by atoms with Crippen LogP contribution in [0.5, 0.6) is 11.5 Å². The summed E-state index contributed by atoms with van der Waals surface area (Å²) in [5, 5.41) is 0.369. The van der Waals surface area contributed by atoms with Crippen molar-refractivity contribution < 1.29 is 27.8 Å². The first-order valence-electron chi connectivity index (χ1n) is 8.37. The molecule has 0 atom stereocenters. The number of aromatic amines is 1. The number of halogens is 3. The predicted octanol–water partition coefficient (Wildman–Crippen LogP) is 4.43. The lowest BCUT2D eigenvalue weighted by Gasteiger charge is -2.10. The van der Waals surface area contributed by atoms with Gasteiger partial charge in [0.05, 0.1) is 24.6 Å². The van der Waals surface area contributed by atoms with E-state index < -0.39 is 18.1 Å². The second kappa shape index (κ2) is 8.80. The van der Waals surface area contributed by atoms with Gasteiger partial charge in [0.25, 0.3) is 5.56 Å². The van der Waals surface area contributed by atoms with Gasteiger partial charge in [0.1, 0.15) is 9.71 Å². The molecule has 0 bridgehead atoms. The number of ether oxygens (including phenoxy) is 3. The molecule has 0 aliphatic heterocycles. The van der Waals surface area contributed by atoms with Gasteiger partial charge in [-0.1, -0.05) is 17.7 Å². The predicted molar refractivity (Wildman–Crippen MR) is 110 cm³/mol. The highest BCUT2D eigenvalue weighted by Crippen LogP contribution is 2.32. The second-order valence-corrected chi connectivity index (χ2v) is 7.33. The Hall–Kier alpha value is -2.98. The fraction of sp³-hybridized carbons (Fsp3) is 0.211. The minimum atomic E-state index is -2.99. The van der Waals surface area contributed by atoms with E-state index in [4.69, 9.17) is 21.1 Å². The van der Waals surface area contributed by atoms with E-state index in [1.165, 1.54) is 38.5 Å². The fourth-order valence-electron chi connectivity index (χ4n) is 2.73. The van der Waals surface area contributed by atoms with Crippen LogP contribution in [0.25, 0.3) is 21.3 Å². The van der Waals surface area contributed by atoms with E-state index in [-0.39, 0.29) is 32.6 Å². The first-order valence-corrected chi connectivity index (χ1v) is 9.56. The molecule has 0 amide bonds. The van der Waals surface area contributed by atoms with Gasteiger partial charge in [-0.25, -0.2) is 9.78 Å². The summed E-state index contributed by atoms with van der Waals surface area (Å²) in [4.78, 5) is 31.9. The summed E-state index contributed by atoms with van der Waals surface area (Å²) in [6.45, 7) is -1.36. The van der Waals surface area contributed by atoms with E-state index in [9.17, 15) is 18.4 Å². The number of rotatable bonds is 6. The third kappa shape index (κ3) is 4.29. The number of thiophene rings is 1. The Morgan fingerprint density at radius 3 is 2.67 bits per heavy atom. The maximum atomic E-state index is 12.5. The van der Waals surface area contributed by atoms with E-state index >= 15 is 0 Å². The van der Waals surface area contributed by atoms with Crippen molar-refractivity contribution in [2.75, 3.05) is 14.2 Å². The molecule has 0 saturated heterocycles. The summed E-state index contributed by atoms with van der Waals surface area (Å²) < 4.78 is 39.1. The van der Waals surface area contributed by atoms with Crippen LogP contribution in [0.4, 0.5) is 8.78 Å². The lowest BCUT2D eigenvalue weighted by atomic mass is 10.2. The number of nitrogens with zero attached hydrogens (tertiary/aromatic N) is 1. The highest BCUT2D eigenvalue weighted by atomic mass is 35.5. The lowest BCUT2D eigenvalue weighted by molar-refractivity contribution is -0.0512. The summed E-state index contributed by atoms with van der Waals surface area (Å²) in [6, 6.07) is 4.25. The number of fused-ring (bicyclic) bond motifs is 1. The zero-order chi connectivity index (χ0) is 22.0. The van der Waals surface area contributed by atoms with Crippen LogP contribution in [0.3, 0.4) is 0 Å². The van der Waals surface area contributed by atoms with E-state index in [1.807, 2.05) is 0 Å². The Balaban J connectivity index is 2.02. The first kappa shape index (κ1) is 21.7. The van der Waals surface area contributed by atoms with Crippen molar-refractivity contribution in [1.82, 2.24) is 9.97 Å². The van der Waals surface area contributed by atoms with Gasteiger partial charge in [0.2, 0.25) is 0 Å². The zero-order valence-electron chi connectivity index (χ0n) is 15.9. The number of H-pyrrole nitrogens is 1. The van der Waals surface area contributed by atoms with Gasteiger partial charge in [-0.2, -0.15) is 8.78 Å². The minimum absolute atomic E-state index is 0.0821. The van der Waals surface area contributed by atoms with Crippen molar-refractivity contribution in [3.8, 4) is 11.5 Å². The third-order valence-electron chi connectivity index (χ3n) is 4.09. The average Bonchev–Trinajstić information content (AvgIpc) is 3.05. The van der Waals surface area contributed by atoms with Gasteiger partial charge in [0, 0.05) is 0 Å². The van der Waals surface area contributed by atoms with Gasteiger partial charge >= 0.3 is 12.6 Å². The first-order chi connectivity index (χ1) is 14.2. The van der Waals surface area contributed by atoms with Crippen LogP contribution in [0.1, 0.15) is 26.6 Å². The fourth-order valence-corrected chi connectivity index (χ4v) is 4.04. The van der Waals surface area contributed by atoms with Crippen molar-refractivity contribution in [2.24, 2.45) is 0 Å². The Morgan fingerprint density at radius 1 is 1.30 bits per heavy atom. The zero-order valence-corrected chi connectivity index (χ0v) is 17.5. The monoisotopic (exact) mass is 456 g/mol. The molecular formula is C19H15ClF2N2O5S. The summed E-state index contributed by atoms with van der Waals surface area (Å²) in [5.41, 5.74) is 0.518. The van der Waals surface area contributed by atoms with Gasteiger partial charge in [-0.15, -0.1) is 11.3 Å². The Morgan fingerprint density at radius 2 is 2.03 bits per heavy atom. The van der Waals surface area contributed by atoms with E-state index in [0.717, 1.165) is 11.3 Å². The van der Waals surface area contributed by atoms with Gasteiger partial charge in [-0.05, 0) is 36.3 Å². The summed E-state index contributed by atoms with van der Waals surface area (Å²) >= 11 is 7.34. The van der Waals surface area contributed by atoms with Gasteiger partial charge < -0.3 is 19.2 Å². The SMILES string of the molecule is COC(=O)c1sc2nc(/C(Cl)=C/c3ccc(OC(F)F)c(OC)c3)[nH]c(=O)c2c1C. The summed E-state index contributed by atoms with van der Waals surface area (Å²) in [6.07, 6.45) is 1.47. The molecule has 0 unspecified atom stereocenters. The van der Waals surface area contributed by atoms with Gasteiger partial charge in [-0.3, -0.25) is 4.79 Å². The Kier molecular flexibility index (Phi) is 6.37. The molecule has 0 radical (unpaired) electrons. The summed E-state index contributed by atoms with van der Waals surface area (Å²) in [5.74, 6) is -0.518. The topological polar surface area (TPSA) is 90.5 Å². The highest BCUT2D eigenvalue weighted by Gasteiger charge is 2.20. The molecule has 30 heavy (non-hydrogen) atoms. The van der Waals surface area contributed by atoms with Crippen LogP contribution in [-0.4, -0.2) is 36.8 Å². The molecule has 0 aliphatic rings. The van der Waals surface area contributed by atoms with Crippen molar-refractivity contribution in [2.45, 2.75) is 13.5 Å². The maximum absolute atomic E-state index is 12.5. The molecular weight excluding hydrogens is 442 g/mol. The number of benzene rings is 1. The quantitative estimate of drug-likeness (QED) is 0.552. The number of alkyl halides is 2. The number of aryl methyl sites for hydroxylation is 1. The lowest BCUT2D eigenvalue weighted by Crippen LogP contribution is -2.10. The van der Waals surface area contributed by atoms with Crippen molar-refractivity contribution in [3.63, 3.8) is 0 Å². The Bertz CT molecular complexity index is 1210. The largest absolute Gasteiger partial charge is 0.493 e. The number of carbonyl (C=O) groups is 1. The number of esters is 1. The molecule has 158 valence electrons. The smallest absolute Gasteiger partial charge is 0.387 e. The molecule has 0 spiro atoms. The van der Waals surface area contributed by atoms with Crippen molar-refractivity contribution in [3.05, 3.63) is 50.4 Å². The van der Waals surface area contributed by atoms with Crippen molar-refractivity contribution in [1.29, 1.82) is 0 Å². The maximum Gasteiger partial charge on any atom is 0.387 e. The third-order valence-corrected chi connectivity index (χ3v) is 5.55. The van der Waals surface area contributed by atoms with E-state index in [2.05, 4.69) is 14.7 Å². The highest BCUT2D eigenvalue weighted by molar-refractivity contribution is 7.20. The molecule has 11 heteroatoms. The number of aromatic nitrogens is 2. The molecule has 7 nitrogen and oxygen atoms in total. The molecule has 2 aromatic heterocycles. The van der Waals surface area contributed by atoms with Crippen LogP contribution < -0.4 is 15.0 Å². The Labute approximate surface area is 177 Å². The minimum Gasteiger partial charge on any atom is -0.493 e. The standard InChI is InChI=1S/C19H15ClF2N2O5S/c1-8-13-16(25)23-15(24-17(13)30-14(8)18(26)28-3)10(20)6-9-4-5-11(29-19(21)22)12(7-9)27-2/h4-7,19H,1-3H3,(H,23,24,25)/b10-6-. The van der Waals surface area contributed by atoms with Crippen LogP contribution in [0.15, 0.2) is 23.0 Å². The van der Waals surface area contributed by atoms with Crippen LogP contribution in [0, 0.1) is 6.92 Å². The number of nitrogens with one attached hydrogen (secondary N) is 1. The average molecular weight is 457 g/mol. The molecule has 0 saturated carbocycles. The molecule has 3 aromatic rings. The van der Waals surface area contributed by atoms with E-state index in [0.29, 0.717) is 16.0 Å². The second-order valence-electron chi connectivity index (χ2n) is 5.92. The van der Waals surface area contributed by atoms with Crippen LogP contribution >= 0.6 is 22.9 Å². The molecule has 2 heterocycles. The molecule has 3 rings (SSSR count). The van der Waals surface area contributed by atoms with Crippen LogP contribution in [-0.2, 0) is 4.74 Å². The number of methoxy groups -OCH3 is 2. The molecule has 1 aromatic carbocycles. The molecule has 0 aliphatic carbocycles. The normalized spacial score (nSPS) is 11.8. The van der Waals surface area contributed by atoms with Crippen LogP contribution in [0.2, 0.25) is 0 Å². The number of hydrogen-bond donors (Lipinski definition) is 1. The molecule has 0 fully saturated rings. The molecule has 1 N–H and O–H groups in total. The van der Waals surface area contributed by atoms with Gasteiger partial charge in [0.15, 0.2) is 17.3 Å². The summed E-state index contributed by atoms with van der Waals surface area (Å²) in [7, 11) is 2.56. The number of hydrogen-bond acceptors (Lipinski definition) is 7. The van der Waals surface area contributed by atoms with E-state index in [1.54, 1.807) is 6.92 Å². The van der Waals surface area contributed by atoms with Crippen molar-refractivity contribution >= 4 is 50.2 Å².